The molecule has 0 saturated carbocycles. The number of carbonyl (C=O) groups excluding carboxylic acids is 1. The quantitative estimate of drug-likeness (QED) is 0.852. The summed E-state index contributed by atoms with van der Waals surface area (Å²) in [5.41, 5.74) is 3.35. The van der Waals surface area contributed by atoms with E-state index in [4.69, 9.17) is 9.47 Å². The van der Waals surface area contributed by atoms with Gasteiger partial charge in [-0.2, -0.15) is 0 Å². The van der Waals surface area contributed by atoms with Crippen LogP contribution in [0.3, 0.4) is 0 Å². The second kappa shape index (κ2) is 7.94. The number of hydrogen-bond donors (Lipinski definition) is 2. The van der Waals surface area contributed by atoms with E-state index in [9.17, 15) is 4.79 Å². The fraction of sp³-hybridized carbons (Fsp3) is 0.375. The molecule has 2 aromatic rings. The second-order valence-corrected chi connectivity index (χ2v) is 5.99. The van der Waals surface area contributed by atoms with E-state index in [1.54, 1.807) is 11.6 Å². The first-order valence-corrected chi connectivity index (χ1v) is 8.50. The predicted octanol–water partition coefficient (Wildman–Crippen LogP) is 3.02. The van der Waals surface area contributed by atoms with Crippen molar-refractivity contribution in [3.05, 3.63) is 40.8 Å². The molecule has 122 valence electrons. The molecule has 1 fully saturated rings. The Morgan fingerprint density at radius 1 is 1.48 bits per heavy atom. The largest absolute Gasteiger partial charge is 0.487 e. The highest BCUT2D eigenvalue weighted by molar-refractivity contribution is 7.07. The Morgan fingerprint density at radius 3 is 3.22 bits per heavy atom. The van der Waals surface area contributed by atoms with Gasteiger partial charge in [0.1, 0.15) is 12.4 Å². The standard InChI is InChI=1S/C16H19N3O3S/c20-16(17-8-15-5-2-6-21-15)19-12-3-1-4-14(7-12)22-9-13-10-23-11-18-13/h1,3-4,7,10-11,15H,2,5-6,8-9H2,(H2,17,19,20)/t15-/m0/s1. The van der Waals surface area contributed by atoms with Crippen molar-refractivity contribution in [1.29, 1.82) is 0 Å². The molecule has 0 aliphatic carbocycles. The Labute approximate surface area is 138 Å². The van der Waals surface area contributed by atoms with Crippen molar-refractivity contribution >= 4 is 23.1 Å². The molecular weight excluding hydrogens is 314 g/mol. The number of benzene rings is 1. The van der Waals surface area contributed by atoms with E-state index in [1.807, 2.05) is 23.6 Å². The van der Waals surface area contributed by atoms with Crippen LogP contribution < -0.4 is 15.4 Å². The van der Waals surface area contributed by atoms with E-state index in [0.29, 0.717) is 24.6 Å². The van der Waals surface area contributed by atoms with E-state index >= 15 is 0 Å². The monoisotopic (exact) mass is 333 g/mol. The van der Waals surface area contributed by atoms with Crippen LogP contribution in [-0.4, -0.2) is 30.3 Å². The van der Waals surface area contributed by atoms with Crippen molar-refractivity contribution < 1.29 is 14.3 Å². The third kappa shape index (κ3) is 4.94. The first kappa shape index (κ1) is 15.8. The predicted molar refractivity (Wildman–Crippen MR) is 88.9 cm³/mol. The smallest absolute Gasteiger partial charge is 0.319 e. The number of nitrogens with one attached hydrogen (secondary N) is 2. The molecule has 1 aliphatic heterocycles. The summed E-state index contributed by atoms with van der Waals surface area (Å²) in [6.07, 6.45) is 2.19. The molecule has 1 atom stereocenters. The van der Waals surface area contributed by atoms with Crippen LogP contribution in [0.15, 0.2) is 35.2 Å². The summed E-state index contributed by atoms with van der Waals surface area (Å²) in [6.45, 7) is 1.73. The van der Waals surface area contributed by atoms with Crippen molar-refractivity contribution in [2.45, 2.75) is 25.6 Å². The molecule has 2 heterocycles. The van der Waals surface area contributed by atoms with E-state index in [-0.39, 0.29) is 12.1 Å². The molecule has 1 aromatic heterocycles. The van der Waals surface area contributed by atoms with Crippen LogP contribution in [0.1, 0.15) is 18.5 Å². The molecule has 2 amide bonds. The first-order valence-electron chi connectivity index (χ1n) is 7.56. The van der Waals surface area contributed by atoms with Crippen molar-refractivity contribution in [3.8, 4) is 5.75 Å². The minimum atomic E-state index is -0.239. The fourth-order valence-corrected chi connectivity index (χ4v) is 2.86. The van der Waals surface area contributed by atoms with Gasteiger partial charge in [-0.15, -0.1) is 11.3 Å². The summed E-state index contributed by atoms with van der Waals surface area (Å²) in [5, 5.41) is 7.57. The highest BCUT2D eigenvalue weighted by Gasteiger charge is 2.16. The van der Waals surface area contributed by atoms with Crippen LogP contribution in [0.2, 0.25) is 0 Å². The molecule has 0 spiro atoms. The van der Waals surface area contributed by atoms with Gasteiger partial charge in [-0.3, -0.25) is 0 Å². The number of hydrogen-bond acceptors (Lipinski definition) is 5. The number of thiazole rings is 1. The molecular formula is C16H19N3O3S. The molecule has 6 nitrogen and oxygen atoms in total. The van der Waals surface area contributed by atoms with Gasteiger partial charge < -0.3 is 20.1 Å². The van der Waals surface area contributed by atoms with Crippen LogP contribution in [-0.2, 0) is 11.3 Å². The number of ether oxygens (including phenoxy) is 2. The Balaban J connectivity index is 1.47. The maximum absolute atomic E-state index is 11.9. The fourth-order valence-electron chi connectivity index (χ4n) is 2.32. The summed E-state index contributed by atoms with van der Waals surface area (Å²) < 4.78 is 11.1. The van der Waals surface area contributed by atoms with Gasteiger partial charge in [0.05, 0.1) is 17.3 Å². The maximum Gasteiger partial charge on any atom is 0.319 e. The number of nitrogens with zero attached hydrogens (tertiary/aromatic N) is 1. The molecule has 1 aliphatic rings. The molecule has 0 bridgehead atoms. The summed E-state index contributed by atoms with van der Waals surface area (Å²) in [6, 6.07) is 7.06. The number of aromatic nitrogens is 1. The molecule has 7 heteroatoms. The average molecular weight is 333 g/mol. The van der Waals surface area contributed by atoms with Gasteiger partial charge in [-0.1, -0.05) is 6.07 Å². The molecule has 23 heavy (non-hydrogen) atoms. The highest BCUT2D eigenvalue weighted by atomic mass is 32.1. The summed E-state index contributed by atoms with van der Waals surface area (Å²) in [7, 11) is 0. The molecule has 2 N–H and O–H groups in total. The van der Waals surface area contributed by atoms with Crippen molar-refractivity contribution in [2.75, 3.05) is 18.5 Å². The Bertz CT molecular complexity index is 627. The number of amides is 2. The third-order valence-corrected chi connectivity index (χ3v) is 4.11. The lowest BCUT2D eigenvalue weighted by atomic mass is 10.2. The van der Waals surface area contributed by atoms with Crippen LogP contribution >= 0.6 is 11.3 Å². The van der Waals surface area contributed by atoms with E-state index in [0.717, 1.165) is 25.1 Å². The van der Waals surface area contributed by atoms with E-state index < -0.39 is 0 Å². The molecule has 1 saturated heterocycles. The Hall–Kier alpha value is -2.12. The molecule has 0 unspecified atom stereocenters. The number of carbonyl (C=O) groups is 1. The SMILES string of the molecule is O=C(NC[C@@H]1CCCO1)Nc1cccc(OCc2cscn2)c1. The van der Waals surface area contributed by atoms with Crippen molar-refractivity contribution in [1.82, 2.24) is 10.3 Å². The first-order chi connectivity index (χ1) is 11.3. The number of urea groups is 1. The summed E-state index contributed by atoms with van der Waals surface area (Å²) in [5.74, 6) is 0.690. The lowest BCUT2D eigenvalue weighted by Crippen LogP contribution is -2.35. The van der Waals surface area contributed by atoms with Crippen molar-refractivity contribution in [3.63, 3.8) is 0 Å². The maximum atomic E-state index is 11.9. The van der Waals surface area contributed by atoms with Crippen LogP contribution in [0, 0.1) is 0 Å². The average Bonchev–Trinajstić information content (AvgIpc) is 3.25. The second-order valence-electron chi connectivity index (χ2n) is 5.27. The topological polar surface area (TPSA) is 72.5 Å². The van der Waals surface area contributed by atoms with Gasteiger partial charge in [0.2, 0.25) is 0 Å². The van der Waals surface area contributed by atoms with Gasteiger partial charge in [0, 0.05) is 30.3 Å². The lowest BCUT2D eigenvalue weighted by Gasteiger charge is -2.12. The molecule has 3 rings (SSSR count). The van der Waals surface area contributed by atoms with Crippen molar-refractivity contribution in [2.24, 2.45) is 0 Å². The number of anilines is 1. The summed E-state index contributed by atoms with van der Waals surface area (Å²) >= 11 is 1.54. The molecule has 1 aromatic carbocycles. The van der Waals surface area contributed by atoms with Crippen LogP contribution in [0.25, 0.3) is 0 Å². The zero-order valence-corrected chi connectivity index (χ0v) is 13.5. The van der Waals surface area contributed by atoms with Gasteiger partial charge in [0.25, 0.3) is 0 Å². The van der Waals surface area contributed by atoms with Gasteiger partial charge in [0.15, 0.2) is 0 Å². The van der Waals surface area contributed by atoms with Crippen LogP contribution in [0.4, 0.5) is 10.5 Å². The zero-order valence-electron chi connectivity index (χ0n) is 12.7. The highest BCUT2D eigenvalue weighted by Crippen LogP contribution is 2.18. The molecule has 0 radical (unpaired) electrons. The Morgan fingerprint density at radius 2 is 2.43 bits per heavy atom. The van der Waals surface area contributed by atoms with Gasteiger partial charge in [-0.25, -0.2) is 9.78 Å². The normalized spacial score (nSPS) is 17.0. The van der Waals surface area contributed by atoms with E-state index in [1.165, 1.54) is 11.3 Å². The zero-order chi connectivity index (χ0) is 15.9. The number of rotatable bonds is 6. The lowest BCUT2D eigenvalue weighted by molar-refractivity contribution is 0.112. The summed E-state index contributed by atoms with van der Waals surface area (Å²) in [4.78, 5) is 16.1. The van der Waals surface area contributed by atoms with Gasteiger partial charge in [-0.05, 0) is 25.0 Å². The third-order valence-electron chi connectivity index (χ3n) is 3.48. The van der Waals surface area contributed by atoms with Gasteiger partial charge >= 0.3 is 6.03 Å². The Kier molecular flexibility index (Phi) is 5.44. The van der Waals surface area contributed by atoms with Crippen LogP contribution in [0.5, 0.6) is 5.75 Å². The van der Waals surface area contributed by atoms with E-state index in [2.05, 4.69) is 15.6 Å². The minimum absolute atomic E-state index is 0.133. The minimum Gasteiger partial charge on any atom is -0.487 e.